The van der Waals surface area contributed by atoms with Crippen LogP contribution in [0.2, 0.25) is 0 Å². The Morgan fingerprint density at radius 2 is 2.00 bits per heavy atom. The highest BCUT2D eigenvalue weighted by Gasteiger charge is 2.23. The molecule has 0 radical (unpaired) electrons. The van der Waals surface area contributed by atoms with Crippen molar-refractivity contribution in [2.45, 2.75) is 34.8 Å². The van der Waals surface area contributed by atoms with E-state index < -0.39 is 42.4 Å². The summed E-state index contributed by atoms with van der Waals surface area (Å²) in [4.78, 5) is 50.2. The van der Waals surface area contributed by atoms with Crippen LogP contribution < -0.4 is 16.4 Å². The van der Waals surface area contributed by atoms with Crippen molar-refractivity contribution >= 4 is 48.1 Å². The molecule has 0 saturated heterocycles. The molecule has 6 N–H and O–H groups in total. The van der Waals surface area contributed by atoms with E-state index in [1.807, 2.05) is 0 Å². The Labute approximate surface area is 164 Å². The Morgan fingerprint density at radius 3 is 2.59 bits per heavy atom. The highest BCUT2D eigenvalue weighted by atomic mass is 32.2. The number of carboxylic acids is 2. The van der Waals surface area contributed by atoms with Crippen LogP contribution in [0, 0.1) is 0 Å². The second-order valence-electron chi connectivity index (χ2n) is 5.35. The second-order valence-corrected chi connectivity index (χ2v) is 6.84. The molecule has 0 aromatic carbocycles. The molecule has 1 aromatic rings. The average molecular weight is 416 g/mol. The van der Waals surface area contributed by atoms with Gasteiger partial charge in [0, 0.05) is 23.3 Å². The highest BCUT2D eigenvalue weighted by molar-refractivity contribution is 7.99. The van der Waals surface area contributed by atoms with Crippen molar-refractivity contribution in [2.75, 3.05) is 12.3 Å². The van der Waals surface area contributed by atoms with Crippen LogP contribution in [-0.4, -0.2) is 63.3 Å². The Bertz CT molecular complexity index is 703. The summed E-state index contributed by atoms with van der Waals surface area (Å²) >= 11 is 5.41. The van der Waals surface area contributed by atoms with E-state index in [0.717, 1.165) is 11.8 Å². The van der Waals surface area contributed by atoms with Crippen LogP contribution in [0.25, 0.3) is 0 Å². The number of thiol groups is 1. The predicted molar refractivity (Wildman–Crippen MR) is 99.6 cm³/mol. The fraction of sp³-hybridized carbons (Fsp3) is 0.400. The number of hydrogen-bond acceptors (Lipinski definition) is 8. The van der Waals surface area contributed by atoms with E-state index in [1.165, 1.54) is 0 Å². The molecule has 1 aromatic heterocycles. The molecule has 10 nitrogen and oxygen atoms in total. The van der Waals surface area contributed by atoms with Crippen molar-refractivity contribution in [2.24, 2.45) is 5.73 Å². The number of carbonyl (C=O) groups excluding carboxylic acids is 2. The molecule has 0 aliphatic heterocycles. The Hall–Kier alpha value is -2.31. The van der Waals surface area contributed by atoms with Crippen LogP contribution in [0.5, 0.6) is 0 Å². The molecule has 0 saturated carbocycles. The zero-order chi connectivity index (χ0) is 20.4. The third-order valence-corrected chi connectivity index (χ3v) is 4.81. The zero-order valence-corrected chi connectivity index (χ0v) is 15.8. The van der Waals surface area contributed by atoms with Crippen molar-refractivity contribution in [1.29, 1.82) is 0 Å². The molecule has 27 heavy (non-hydrogen) atoms. The molecule has 1 rings (SSSR count). The molecule has 12 heteroatoms. The normalized spacial score (nSPS) is 12.7. The van der Waals surface area contributed by atoms with Crippen LogP contribution in [0.15, 0.2) is 28.3 Å². The minimum atomic E-state index is -1.23. The van der Waals surface area contributed by atoms with E-state index in [1.54, 1.807) is 18.3 Å². The van der Waals surface area contributed by atoms with Crippen LogP contribution in [0.4, 0.5) is 0 Å². The zero-order valence-electron chi connectivity index (χ0n) is 14.1. The Kier molecular flexibility index (Phi) is 9.61. The van der Waals surface area contributed by atoms with E-state index in [2.05, 4.69) is 28.2 Å². The number of pyridine rings is 1. The van der Waals surface area contributed by atoms with Gasteiger partial charge in [-0.25, -0.2) is 4.98 Å². The maximum absolute atomic E-state index is 12.2. The summed E-state index contributed by atoms with van der Waals surface area (Å²) < 4.78 is 0. The highest BCUT2D eigenvalue weighted by Crippen LogP contribution is 2.23. The third kappa shape index (κ3) is 8.75. The summed E-state index contributed by atoms with van der Waals surface area (Å²) in [5, 5.41) is 22.6. The number of nitrogens with two attached hydrogens (primary N) is 1. The fourth-order valence-electron chi connectivity index (χ4n) is 1.80. The predicted octanol–water partition coefficient (Wildman–Crippen LogP) is -0.660. The minimum Gasteiger partial charge on any atom is -0.480 e. The fourth-order valence-corrected chi connectivity index (χ4v) is 3.05. The lowest BCUT2D eigenvalue weighted by Crippen LogP contribution is -2.49. The lowest BCUT2D eigenvalue weighted by molar-refractivity contribution is -0.139. The van der Waals surface area contributed by atoms with Crippen molar-refractivity contribution in [1.82, 2.24) is 15.6 Å². The number of rotatable bonds is 11. The molecule has 0 aliphatic rings. The van der Waals surface area contributed by atoms with Gasteiger partial charge in [0.1, 0.15) is 23.7 Å². The van der Waals surface area contributed by atoms with Gasteiger partial charge in [-0.2, -0.15) is 0 Å². The van der Waals surface area contributed by atoms with Crippen molar-refractivity contribution < 1.29 is 29.4 Å². The molecule has 0 bridgehead atoms. The van der Waals surface area contributed by atoms with Gasteiger partial charge >= 0.3 is 11.9 Å². The summed E-state index contributed by atoms with van der Waals surface area (Å²) in [6.07, 6.45) is 1.26. The number of carboxylic acid groups (broad SMARTS) is 2. The van der Waals surface area contributed by atoms with Crippen LogP contribution in [-0.2, 0) is 19.2 Å². The van der Waals surface area contributed by atoms with Gasteiger partial charge in [-0.15, -0.1) is 24.4 Å². The van der Waals surface area contributed by atoms with Crippen molar-refractivity contribution in [3.8, 4) is 0 Å². The third-order valence-electron chi connectivity index (χ3n) is 3.20. The van der Waals surface area contributed by atoms with E-state index in [0.29, 0.717) is 9.92 Å². The molecular weight excluding hydrogens is 396 g/mol. The van der Waals surface area contributed by atoms with Gasteiger partial charge in [-0.1, -0.05) is 0 Å². The first-order valence-electron chi connectivity index (χ1n) is 7.74. The second kappa shape index (κ2) is 11.4. The number of nitrogens with one attached hydrogen (secondary N) is 2. The van der Waals surface area contributed by atoms with Gasteiger partial charge in [-0.3, -0.25) is 19.2 Å². The lowest BCUT2D eigenvalue weighted by Gasteiger charge is -2.18. The van der Waals surface area contributed by atoms with E-state index >= 15 is 0 Å². The van der Waals surface area contributed by atoms with Crippen LogP contribution >= 0.6 is 24.4 Å². The minimum absolute atomic E-state index is 0.0761. The van der Waals surface area contributed by atoms with Gasteiger partial charge < -0.3 is 26.6 Å². The van der Waals surface area contributed by atoms with Gasteiger partial charge in [0.25, 0.3) is 0 Å². The van der Waals surface area contributed by atoms with E-state index in [9.17, 15) is 19.2 Å². The summed E-state index contributed by atoms with van der Waals surface area (Å²) in [5.74, 6) is -3.64. The molecule has 0 spiro atoms. The number of carbonyl (C=O) groups is 4. The van der Waals surface area contributed by atoms with Crippen molar-refractivity contribution in [3.63, 3.8) is 0 Å². The standard InChI is InChI=1S/C15H20N4O6S2/c16-8(15(24)25)3-4-11(20)19-9(13(23)18-6-12(21)22)7-27-14-10(26)2-1-5-17-14/h1-2,5,8-9,26H,3-4,6-7,16H2,(H,18,23)(H,19,20)(H,21,22)(H,24,25). The lowest BCUT2D eigenvalue weighted by atomic mass is 10.1. The topological polar surface area (TPSA) is 172 Å². The summed E-state index contributed by atoms with van der Waals surface area (Å²) in [5.41, 5.74) is 5.34. The molecule has 0 aliphatic carbocycles. The first-order chi connectivity index (χ1) is 12.7. The quantitative estimate of drug-likeness (QED) is 0.202. The molecule has 1 heterocycles. The summed E-state index contributed by atoms with van der Waals surface area (Å²) in [7, 11) is 0. The molecule has 0 fully saturated rings. The average Bonchev–Trinajstić information content (AvgIpc) is 2.62. The first-order valence-corrected chi connectivity index (χ1v) is 9.18. The molecule has 2 atom stereocenters. The van der Waals surface area contributed by atoms with E-state index in [4.69, 9.17) is 15.9 Å². The van der Waals surface area contributed by atoms with Gasteiger partial charge in [0.15, 0.2) is 0 Å². The number of aliphatic carboxylic acids is 2. The molecule has 2 unspecified atom stereocenters. The summed E-state index contributed by atoms with van der Waals surface area (Å²) in [6, 6.07) is 1.17. The number of hydrogen-bond donors (Lipinski definition) is 6. The number of nitrogens with zero attached hydrogens (tertiary/aromatic N) is 1. The van der Waals surface area contributed by atoms with Gasteiger partial charge in [0.2, 0.25) is 11.8 Å². The van der Waals surface area contributed by atoms with Crippen molar-refractivity contribution in [3.05, 3.63) is 18.3 Å². The van der Waals surface area contributed by atoms with Crippen LogP contribution in [0.3, 0.4) is 0 Å². The van der Waals surface area contributed by atoms with Gasteiger partial charge in [0.05, 0.1) is 0 Å². The van der Waals surface area contributed by atoms with Gasteiger partial charge in [-0.05, 0) is 18.6 Å². The van der Waals surface area contributed by atoms with E-state index in [-0.39, 0.29) is 18.6 Å². The largest absolute Gasteiger partial charge is 0.480 e. The maximum atomic E-state index is 12.2. The number of thioether (sulfide) groups is 1. The summed E-state index contributed by atoms with van der Waals surface area (Å²) in [6.45, 7) is -0.596. The first kappa shape index (κ1) is 22.7. The maximum Gasteiger partial charge on any atom is 0.322 e. The SMILES string of the molecule is NC(CCC(=O)NC(CSc1ncccc1S)C(=O)NCC(=O)O)C(=O)O. The monoisotopic (exact) mass is 416 g/mol. The number of aromatic nitrogens is 1. The Morgan fingerprint density at radius 1 is 1.30 bits per heavy atom. The number of amides is 2. The molecular formula is C15H20N4O6S2. The Balaban J connectivity index is 2.70. The smallest absolute Gasteiger partial charge is 0.322 e. The van der Waals surface area contributed by atoms with Crippen LogP contribution in [0.1, 0.15) is 12.8 Å². The molecule has 2 amide bonds. The molecule has 148 valence electrons.